The van der Waals surface area contributed by atoms with E-state index in [1.54, 1.807) is 0 Å². The van der Waals surface area contributed by atoms with Crippen LogP contribution in [0.15, 0.2) is 41.0 Å². The predicted molar refractivity (Wildman–Crippen MR) is 132 cm³/mol. The summed E-state index contributed by atoms with van der Waals surface area (Å²) in [6, 6.07) is 6.42. The minimum atomic E-state index is -0.0855. The summed E-state index contributed by atoms with van der Waals surface area (Å²) >= 11 is 0. The fourth-order valence-electron chi connectivity index (χ4n) is 4.84. The zero-order chi connectivity index (χ0) is 22.5. The number of fused-ring (bicyclic) bond motifs is 1. The van der Waals surface area contributed by atoms with Gasteiger partial charge in [0.05, 0.1) is 5.52 Å². The van der Waals surface area contributed by atoms with Gasteiger partial charge in [-0.1, -0.05) is 31.9 Å². The van der Waals surface area contributed by atoms with Crippen LogP contribution in [0.25, 0.3) is 16.5 Å². The number of allylic oxidation sites excluding steroid dienone is 1. The van der Waals surface area contributed by atoms with Crippen LogP contribution >= 0.6 is 0 Å². The molecule has 2 heterocycles. The van der Waals surface area contributed by atoms with E-state index in [1.165, 1.54) is 25.7 Å². The Morgan fingerprint density at radius 1 is 1.28 bits per heavy atom. The zero-order valence-electron chi connectivity index (χ0n) is 19.4. The molecule has 6 heteroatoms. The van der Waals surface area contributed by atoms with E-state index in [1.807, 2.05) is 12.3 Å². The Balaban J connectivity index is 1.53. The molecule has 1 aliphatic heterocycles. The van der Waals surface area contributed by atoms with Crippen LogP contribution in [-0.2, 0) is 0 Å². The second-order valence-electron chi connectivity index (χ2n) is 9.46. The number of aromatic amines is 1. The van der Waals surface area contributed by atoms with Gasteiger partial charge in [0.25, 0.3) is 5.91 Å². The number of rotatable bonds is 7. The molecule has 1 aromatic heterocycles. The number of hydrogen-bond acceptors (Lipinski definition) is 4. The number of nitrogens with zero attached hydrogens (tertiary/aromatic N) is 3. The minimum absolute atomic E-state index is 0.0855. The Morgan fingerprint density at radius 2 is 2.03 bits per heavy atom. The molecule has 2 aliphatic rings. The highest BCUT2D eigenvalue weighted by Crippen LogP contribution is 2.25. The topological polar surface area (TPSA) is 73.4 Å². The molecule has 0 bridgehead atoms. The molecule has 1 aromatic carbocycles. The van der Waals surface area contributed by atoms with Crippen molar-refractivity contribution in [2.75, 3.05) is 19.6 Å². The lowest BCUT2D eigenvalue weighted by Crippen LogP contribution is -2.34. The van der Waals surface area contributed by atoms with E-state index < -0.39 is 0 Å². The molecule has 0 unspecified atom stereocenters. The second-order valence-corrected chi connectivity index (χ2v) is 9.46. The highest BCUT2D eigenvalue weighted by Gasteiger charge is 2.21. The molecule has 1 saturated heterocycles. The first kappa shape index (κ1) is 22.5. The number of benzene rings is 1. The standard InChI is InChI=1S/C26H35N5O/c1-18-10-12-31(13-11-18)17-20(16-27-3)14-19(2)21-8-9-24-23(15-21)25(30-29-24)26(32)28-22-6-4-5-7-22/h8-9,14-16,18,22H,3-7,10-13,17H2,1-2H3,(H,28,32)(H,29,30)/b19-14+,20-16+. The molecular formula is C26H35N5O. The smallest absolute Gasteiger partial charge is 0.272 e. The normalized spacial score (nSPS) is 19.6. The minimum Gasteiger partial charge on any atom is -0.348 e. The van der Waals surface area contributed by atoms with Gasteiger partial charge in [-0.15, -0.1) is 0 Å². The molecule has 2 aromatic rings. The molecule has 1 saturated carbocycles. The van der Waals surface area contributed by atoms with Crippen molar-refractivity contribution in [3.05, 3.63) is 47.3 Å². The molecule has 1 amide bonds. The molecule has 1 aliphatic carbocycles. The summed E-state index contributed by atoms with van der Waals surface area (Å²) in [7, 11) is 0. The fraction of sp³-hybridized carbons (Fsp3) is 0.500. The number of carbonyl (C=O) groups is 1. The molecular weight excluding hydrogens is 398 g/mol. The monoisotopic (exact) mass is 433 g/mol. The Morgan fingerprint density at radius 3 is 2.75 bits per heavy atom. The van der Waals surface area contributed by atoms with Gasteiger partial charge in [-0.3, -0.25) is 19.8 Å². The Kier molecular flexibility index (Phi) is 7.20. The molecule has 0 radical (unpaired) electrons. The average Bonchev–Trinajstić information content (AvgIpc) is 3.44. The Bertz CT molecular complexity index is 1020. The van der Waals surface area contributed by atoms with E-state index in [9.17, 15) is 4.79 Å². The van der Waals surface area contributed by atoms with Crippen molar-refractivity contribution in [2.45, 2.75) is 58.4 Å². The van der Waals surface area contributed by atoms with Gasteiger partial charge in [0.15, 0.2) is 5.69 Å². The van der Waals surface area contributed by atoms with Gasteiger partial charge >= 0.3 is 0 Å². The maximum absolute atomic E-state index is 12.8. The third-order valence-electron chi connectivity index (χ3n) is 6.87. The van der Waals surface area contributed by atoms with Crippen LogP contribution in [0.2, 0.25) is 0 Å². The Hall–Kier alpha value is -2.73. The molecule has 6 nitrogen and oxygen atoms in total. The average molecular weight is 434 g/mol. The molecule has 2 fully saturated rings. The summed E-state index contributed by atoms with van der Waals surface area (Å²) < 4.78 is 0. The number of piperidine rings is 1. The van der Waals surface area contributed by atoms with E-state index in [0.717, 1.165) is 66.0 Å². The highest BCUT2D eigenvalue weighted by atomic mass is 16.2. The lowest BCUT2D eigenvalue weighted by Gasteiger charge is -2.30. The Labute approximate surface area is 190 Å². The predicted octanol–water partition coefficient (Wildman–Crippen LogP) is 4.96. The van der Waals surface area contributed by atoms with Crippen LogP contribution in [0.1, 0.15) is 68.4 Å². The van der Waals surface area contributed by atoms with E-state index in [-0.39, 0.29) is 11.9 Å². The maximum Gasteiger partial charge on any atom is 0.272 e. The van der Waals surface area contributed by atoms with Crippen molar-refractivity contribution in [1.82, 2.24) is 20.4 Å². The lowest BCUT2D eigenvalue weighted by molar-refractivity contribution is 0.0934. The third kappa shape index (κ3) is 5.36. The first-order chi connectivity index (χ1) is 15.5. The largest absolute Gasteiger partial charge is 0.348 e. The van der Waals surface area contributed by atoms with Crippen molar-refractivity contribution < 1.29 is 4.79 Å². The van der Waals surface area contributed by atoms with Gasteiger partial charge in [-0.05, 0) is 87.2 Å². The number of aromatic nitrogens is 2. The van der Waals surface area contributed by atoms with Crippen molar-refractivity contribution in [1.29, 1.82) is 0 Å². The van der Waals surface area contributed by atoms with Gasteiger partial charge in [-0.2, -0.15) is 5.10 Å². The number of nitrogens with one attached hydrogen (secondary N) is 2. The van der Waals surface area contributed by atoms with E-state index in [4.69, 9.17) is 0 Å². The van der Waals surface area contributed by atoms with Gasteiger partial charge < -0.3 is 5.32 Å². The van der Waals surface area contributed by atoms with Gasteiger partial charge in [-0.25, -0.2) is 0 Å². The van der Waals surface area contributed by atoms with E-state index >= 15 is 0 Å². The summed E-state index contributed by atoms with van der Waals surface area (Å²) in [5, 5.41) is 11.3. The number of hydrogen-bond donors (Lipinski definition) is 2. The number of carbonyl (C=O) groups excluding carboxylic acids is 1. The van der Waals surface area contributed by atoms with Crippen LogP contribution in [0, 0.1) is 5.92 Å². The van der Waals surface area contributed by atoms with Crippen molar-refractivity contribution in [3.63, 3.8) is 0 Å². The van der Waals surface area contributed by atoms with Crippen LogP contribution in [0.3, 0.4) is 0 Å². The second kappa shape index (κ2) is 10.3. The third-order valence-corrected chi connectivity index (χ3v) is 6.87. The first-order valence-electron chi connectivity index (χ1n) is 11.9. The lowest BCUT2D eigenvalue weighted by atomic mass is 9.98. The van der Waals surface area contributed by atoms with Crippen molar-refractivity contribution in [3.8, 4) is 0 Å². The summed E-state index contributed by atoms with van der Waals surface area (Å²) in [4.78, 5) is 19.4. The van der Waals surface area contributed by atoms with Gasteiger partial charge in [0.1, 0.15) is 0 Å². The van der Waals surface area contributed by atoms with E-state index in [0.29, 0.717) is 5.69 Å². The molecule has 32 heavy (non-hydrogen) atoms. The van der Waals surface area contributed by atoms with Gasteiger partial charge in [0, 0.05) is 24.2 Å². The number of H-pyrrole nitrogens is 1. The van der Waals surface area contributed by atoms with Gasteiger partial charge in [0.2, 0.25) is 0 Å². The summed E-state index contributed by atoms with van der Waals surface area (Å²) in [6.45, 7) is 11.2. The van der Waals surface area contributed by atoms with Crippen LogP contribution in [-0.4, -0.2) is 53.4 Å². The molecule has 170 valence electrons. The molecule has 0 atom stereocenters. The van der Waals surface area contributed by atoms with Crippen LogP contribution < -0.4 is 5.32 Å². The van der Waals surface area contributed by atoms with Crippen LogP contribution in [0.4, 0.5) is 0 Å². The SMILES string of the molecule is C=N/C=C(\C=C(/C)c1ccc2[nH]nc(C(=O)NC3CCCC3)c2c1)CN1CCC(C)CC1. The summed E-state index contributed by atoms with van der Waals surface area (Å²) in [6.07, 6.45) is 11.0. The fourth-order valence-corrected chi connectivity index (χ4v) is 4.84. The first-order valence-corrected chi connectivity index (χ1v) is 11.9. The van der Waals surface area contributed by atoms with Crippen LogP contribution in [0.5, 0.6) is 0 Å². The van der Waals surface area contributed by atoms with E-state index in [2.05, 4.69) is 64.2 Å². The quantitative estimate of drug-likeness (QED) is 0.479. The van der Waals surface area contributed by atoms with Crippen molar-refractivity contribution >= 4 is 29.1 Å². The highest BCUT2D eigenvalue weighted by molar-refractivity contribution is 6.05. The summed E-state index contributed by atoms with van der Waals surface area (Å²) in [5.41, 5.74) is 4.72. The molecule has 4 rings (SSSR count). The number of aliphatic imine (C=N–C) groups is 1. The van der Waals surface area contributed by atoms with Crippen molar-refractivity contribution in [2.24, 2.45) is 10.9 Å². The maximum atomic E-state index is 12.8. The zero-order valence-corrected chi connectivity index (χ0v) is 19.4. The molecule has 0 spiro atoms. The summed E-state index contributed by atoms with van der Waals surface area (Å²) in [5.74, 6) is 0.730. The number of amides is 1. The molecule has 2 N–H and O–H groups in total. The number of likely N-dealkylation sites (tertiary alicyclic amines) is 1.